The van der Waals surface area contributed by atoms with Gasteiger partial charge in [-0.2, -0.15) is 0 Å². The van der Waals surface area contributed by atoms with Gasteiger partial charge < -0.3 is 10.4 Å². The summed E-state index contributed by atoms with van der Waals surface area (Å²) in [6, 6.07) is 3.97. The Balaban J connectivity index is 2.96. The molecule has 0 unspecified atom stereocenters. The largest absolute Gasteiger partial charge is 0.478 e. The first-order valence-corrected chi connectivity index (χ1v) is 7.86. The quantitative estimate of drug-likeness (QED) is 0.672. The minimum Gasteiger partial charge on any atom is -0.478 e. The predicted octanol–water partition coefficient (Wildman–Crippen LogP) is 0.362. The summed E-state index contributed by atoms with van der Waals surface area (Å²) in [6.07, 6.45) is 0.501. The first-order chi connectivity index (χ1) is 9.81. The standard InChI is InChI=1S/C13H18N2O5S/c1-3-9-4-5-10(8-11(9)13(17)18)21(19,20)15-7-6-12(16)14-2/h4-5,8,15H,3,6-7H2,1-2H3,(H,14,16)(H,17,18). The first-order valence-electron chi connectivity index (χ1n) is 6.38. The summed E-state index contributed by atoms with van der Waals surface area (Å²) in [6.45, 7) is 1.73. The van der Waals surface area contributed by atoms with Crippen molar-refractivity contribution in [3.63, 3.8) is 0 Å². The SMILES string of the molecule is CCc1ccc(S(=O)(=O)NCCC(=O)NC)cc1C(=O)O. The van der Waals surface area contributed by atoms with Gasteiger partial charge in [0, 0.05) is 20.0 Å². The van der Waals surface area contributed by atoms with Crippen LogP contribution in [-0.2, 0) is 21.2 Å². The molecule has 1 rings (SSSR count). The maximum Gasteiger partial charge on any atom is 0.336 e. The van der Waals surface area contributed by atoms with Crippen LogP contribution >= 0.6 is 0 Å². The van der Waals surface area contributed by atoms with E-state index in [1.54, 1.807) is 6.92 Å². The number of amides is 1. The van der Waals surface area contributed by atoms with Crippen LogP contribution in [0, 0.1) is 0 Å². The molecule has 116 valence electrons. The molecule has 0 fully saturated rings. The Kier molecular flexibility index (Phi) is 5.86. The average Bonchev–Trinajstić information content (AvgIpc) is 2.45. The van der Waals surface area contributed by atoms with E-state index in [1.165, 1.54) is 19.2 Å². The number of aryl methyl sites for hydroxylation is 1. The number of nitrogens with one attached hydrogen (secondary N) is 2. The molecule has 1 amide bonds. The molecule has 0 saturated carbocycles. The maximum atomic E-state index is 12.0. The van der Waals surface area contributed by atoms with Crippen molar-refractivity contribution in [3.05, 3.63) is 29.3 Å². The zero-order chi connectivity index (χ0) is 16.0. The molecule has 0 aromatic heterocycles. The third-order valence-corrected chi connectivity index (χ3v) is 4.38. The molecule has 1 aromatic rings. The second-order valence-corrected chi connectivity index (χ2v) is 6.07. The van der Waals surface area contributed by atoms with Crippen molar-refractivity contribution >= 4 is 21.9 Å². The van der Waals surface area contributed by atoms with Crippen LogP contribution in [-0.4, -0.2) is 39.0 Å². The summed E-state index contributed by atoms with van der Waals surface area (Å²) in [5, 5.41) is 11.5. The topological polar surface area (TPSA) is 113 Å². The second-order valence-electron chi connectivity index (χ2n) is 4.30. The van der Waals surface area contributed by atoms with Gasteiger partial charge in [-0.15, -0.1) is 0 Å². The van der Waals surface area contributed by atoms with E-state index in [4.69, 9.17) is 5.11 Å². The van der Waals surface area contributed by atoms with Crippen LogP contribution in [0.4, 0.5) is 0 Å². The zero-order valence-electron chi connectivity index (χ0n) is 11.8. The molecule has 21 heavy (non-hydrogen) atoms. The Bertz CT molecular complexity index is 640. The normalized spacial score (nSPS) is 11.1. The van der Waals surface area contributed by atoms with Gasteiger partial charge in [0.2, 0.25) is 15.9 Å². The summed E-state index contributed by atoms with van der Waals surface area (Å²) in [4.78, 5) is 22.0. The molecule has 1 aromatic carbocycles. The Morgan fingerprint density at radius 2 is 1.95 bits per heavy atom. The molecule has 0 aliphatic heterocycles. The van der Waals surface area contributed by atoms with Crippen molar-refractivity contribution in [1.29, 1.82) is 0 Å². The highest BCUT2D eigenvalue weighted by Gasteiger charge is 2.18. The Labute approximate surface area is 123 Å². The van der Waals surface area contributed by atoms with Gasteiger partial charge in [0.05, 0.1) is 10.5 Å². The Hall–Kier alpha value is -1.93. The van der Waals surface area contributed by atoms with Crippen LogP contribution in [0.25, 0.3) is 0 Å². The number of benzene rings is 1. The van der Waals surface area contributed by atoms with Crippen molar-refractivity contribution in [2.75, 3.05) is 13.6 Å². The van der Waals surface area contributed by atoms with Crippen LogP contribution in [0.3, 0.4) is 0 Å². The third kappa shape index (κ3) is 4.54. The van der Waals surface area contributed by atoms with Gasteiger partial charge in [-0.25, -0.2) is 17.9 Å². The highest BCUT2D eigenvalue weighted by Crippen LogP contribution is 2.17. The summed E-state index contributed by atoms with van der Waals surface area (Å²) >= 11 is 0. The summed E-state index contributed by atoms with van der Waals surface area (Å²) < 4.78 is 26.3. The number of carbonyl (C=O) groups is 2. The van der Waals surface area contributed by atoms with Crippen molar-refractivity contribution in [1.82, 2.24) is 10.0 Å². The van der Waals surface area contributed by atoms with E-state index in [9.17, 15) is 18.0 Å². The van der Waals surface area contributed by atoms with Crippen molar-refractivity contribution in [2.24, 2.45) is 0 Å². The van der Waals surface area contributed by atoms with E-state index < -0.39 is 16.0 Å². The van der Waals surface area contributed by atoms with Crippen molar-refractivity contribution < 1.29 is 23.1 Å². The fourth-order valence-electron chi connectivity index (χ4n) is 1.74. The van der Waals surface area contributed by atoms with Crippen LogP contribution in [0.1, 0.15) is 29.3 Å². The number of sulfonamides is 1. The maximum absolute atomic E-state index is 12.0. The molecule has 0 aliphatic rings. The van der Waals surface area contributed by atoms with E-state index in [2.05, 4.69) is 10.0 Å². The zero-order valence-corrected chi connectivity index (χ0v) is 12.7. The minimum atomic E-state index is -3.84. The summed E-state index contributed by atoms with van der Waals surface area (Å²) in [5.74, 6) is -1.46. The molecule has 7 nitrogen and oxygen atoms in total. The van der Waals surface area contributed by atoms with Gasteiger partial charge in [0.1, 0.15) is 0 Å². The number of hydrogen-bond acceptors (Lipinski definition) is 4. The molecule has 0 aliphatic carbocycles. The van der Waals surface area contributed by atoms with Crippen LogP contribution in [0.15, 0.2) is 23.1 Å². The number of carboxylic acid groups (broad SMARTS) is 1. The number of rotatable bonds is 7. The smallest absolute Gasteiger partial charge is 0.336 e. The lowest BCUT2D eigenvalue weighted by molar-refractivity contribution is -0.120. The number of hydrogen-bond donors (Lipinski definition) is 3. The van der Waals surface area contributed by atoms with E-state index in [0.29, 0.717) is 12.0 Å². The highest BCUT2D eigenvalue weighted by molar-refractivity contribution is 7.89. The lowest BCUT2D eigenvalue weighted by atomic mass is 10.1. The van der Waals surface area contributed by atoms with E-state index in [1.807, 2.05) is 0 Å². The van der Waals surface area contributed by atoms with Gasteiger partial charge in [0.15, 0.2) is 0 Å². The molecular formula is C13H18N2O5S. The average molecular weight is 314 g/mol. The van der Waals surface area contributed by atoms with Gasteiger partial charge in [-0.1, -0.05) is 13.0 Å². The highest BCUT2D eigenvalue weighted by atomic mass is 32.2. The first kappa shape index (κ1) is 17.1. The molecule has 0 bridgehead atoms. The number of carbonyl (C=O) groups excluding carboxylic acids is 1. The molecule has 0 spiro atoms. The molecule has 0 radical (unpaired) electrons. The van der Waals surface area contributed by atoms with Gasteiger partial charge in [-0.3, -0.25) is 4.79 Å². The van der Waals surface area contributed by atoms with Gasteiger partial charge >= 0.3 is 5.97 Å². The fourth-order valence-corrected chi connectivity index (χ4v) is 2.80. The predicted molar refractivity (Wildman–Crippen MR) is 76.7 cm³/mol. The number of aromatic carboxylic acids is 1. The van der Waals surface area contributed by atoms with Crippen molar-refractivity contribution in [2.45, 2.75) is 24.7 Å². The monoisotopic (exact) mass is 314 g/mol. The molecule has 0 heterocycles. The summed E-state index contributed by atoms with van der Waals surface area (Å²) in [5.41, 5.74) is 0.526. The molecule has 8 heteroatoms. The second kappa shape index (κ2) is 7.19. The minimum absolute atomic E-state index is 0.00849. The molecular weight excluding hydrogens is 296 g/mol. The van der Waals surface area contributed by atoms with Crippen LogP contribution in [0.5, 0.6) is 0 Å². The Morgan fingerprint density at radius 3 is 2.48 bits per heavy atom. The third-order valence-electron chi connectivity index (χ3n) is 2.93. The Morgan fingerprint density at radius 1 is 1.29 bits per heavy atom. The van der Waals surface area contributed by atoms with E-state index in [0.717, 1.165) is 6.07 Å². The van der Waals surface area contributed by atoms with Crippen LogP contribution < -0.4 is 10.0 Å². The fraction of sp³-hybridized carbons (Fsp3) is 0.385. The lowest BCUT2D eigenvalue weighted by Crippen LogP contribution is -2.29. The molecule has 3 N–H and O–H groups in total. The number of carboxylic acids is 1. The van der Waals surface area contributed by atoms with Crippen LogP contribution in [0.2, 0.25) is 0 Å². The summed E-state index contributed by atoms with van der Waals surface area (Å²) in [7, 11) is -2.38. The van der Waals surface area contributed by atoms with E-state index >= 15 is 0 Å². The molecule has 0 atom stereocenters. The van der Waals surface area contributed by atoms with Gasteiger partial charge in [0.25, 0.3) is 0 Å². The van der Waals surface area contributed by atoms with Crippen molar-refractivity contribution in [3.8, 4) is 0 Å². The molecule has 0 saturated heterocycles. The lowest BCUT2D eigenvalue weighted by Gasteiger charge is -2.09. The van der Waals surface area contributed by atoms with E-state index in [-0.39, 0.29) is 29.3 Å². The van der Waals surface area contributed by atoms with Gasteiger partial charge in [-0.05, 0) is 24.1 Å².